The summed E-state index contributed by atoms with van der Waals surface area (Å²) in [4.78, 5) is 2.76. The third-order valence-electron chi connectivity index (χ3n) is 24.1. The molecule has 628 valence electrons. The fraction of sp³-hybridized carbons (Fsp3) is 0.412. The van der Waals surface area contributed by atoms with Gasteiger partial charge in [0.25, 0.3) is 0 Å². The zero-order chi connectivity index (χ0) is 85.9. The summed E-state index contributed by atoms with van der Waals surface area (Å²) in [6.07, 6.45) is 3.22. The largest absolute Gasteiger partial charge is 0.497 e. The Balaban J connectivity index is 0.000000445. The average molecular weight is 1680 g/mol. The minimum atomic E-state index is -1.59. The van der Waals surface area contributed by atoms with Crippen molar-refractivity contribution in [1.82, 2.24) is 0 Å². The number of rotatable bonds is 28. The van der Waals surface area contributed by atoms with E-state index >= 15 is 0 Å². The maximum atomic E-state index is 5.63. The van der Waals surface area contributed by atoms with E-state index in [0.29, 0.717) is 0 Å². The van der Waals surface area contributed by atoms with Crippen molar-refractivity contribution >= 4 is 90.5 Å². The number of methoxy groups -OCH3 is 5. The number of aryl methyl sites for hydroxylation is 7. The Morgan fingerprint density at radius 3 is 0.930 bits per heavy atom. The Kier molecular flexibility index (Phi) is 51.5. The van der Waals surface area contributed by atoms with Crippen LogP contribution in [0.2, 0.25) is 85.6 Å². The van der Waals surface area contributed by atoms with Crippen molar-refractivity contribution in [3.8, 4) is 28.7 Å². The molecule has 13 heteroatoms. The predicted octanol–water partition coefficient (Wildman–Crippen LogP) is 28.2. The lowest BCUT2D eigenvalue weighted by Gasteiger charge is -2.36. The first-order valence-corrected chi connectivity index (χ1v) is 58.4. The van der Waals surface area contributed by atoms with Gasteiger partial charge in [0.15, 0.2) is 8.24 Å². The minimum Gasteiger partial charge on any atom is -0.497 e. The third kappa shape index (κ3) is 34.3. The fourth-order valence-corrected chi connectivity index (χ4v) is 34.7. The number of thioether (sulfide) groups is 2. The van der Waals surface area contributed by atoms with Crippen LogP contribution in [0.15, 0.2) is 259 Å². The molecule has 0 amide bonds. The summed E-state index contributed by atoms with van der Waals surface area (Å²) in [6, 6.07) is 103. The fourth-order valence-electron chi connectivity index (χ4n) is 14.3. The van der Waals surface area contributed by atoms with Crippen LogP contribution in [0.1, 0.15) is 129 Å². The second kappa shape index (κ2) is 57.0. The highest BCUT2D eigenvalue weighted by Crippen LogP contribution is 2.32. The molecule has 0 aromatic heterocycles. The molecule has 0 N–H and O–H groups in total. The van der Waals surface area contributed by atoms with Crippen LogP contribution in [0.25, 0.3) is 0 Å². The smallest absolute Gasteiger partial charge is 0.181 e. The summed E-state index contributed by atoms with van der Waals surface area (Å²) in [5.74, 6) is 5.15. The highest BCUT2D eigenvalue weighted by Gasteiger charge is 2.35. The van der Waals surface area contributed by atoms with Gasteiger partial charge in [-0.15, -0.1) is 23.5 Å². The molecule has 6 nitrogen and oxygen atoms in total. The van der Waals surface area contributed by atoms with Crippen LogP contribution < -0.4 is 49.0 Å². The molecule has 115 heavy (non-hydrogen) atoms. The molecular weight excluding hydrogens is 1520 g/mol. The quantitative estimate of drug-likeness (QED) is 0.0355. The summed E-state index contributed by atoms with van der Waals surface area (Å²) < 4.78 is 29.1. The van der Waals surface area contributed by atoms with Crippen LogP contribution >= 0.6 is 23.5 Å². The Bertz CT molecular complexity index is 3930. The van der Waals surface area contributed by atoms with E-state index < -0.39 is 40.5 Å². The molecule has 0 atom stereocenters. The first kappa shape index (κ1) is 104. The number of para-hydroxylation sites is 1. The first-order valence-electron chi connectivity index (χ1n) is 42.5. The topological polar surface area (TPSA) is 49.4 Å². The van der Waals surface area contributed by atoms with Crippen molar-refractivity contribution in [2.75, 3.05) is 58.8 Å². The monoisotopic (exact) mass is 1680 g/mol. The van der Waals surface area contributed by atoms with E-state index in [2.05, 4.69) is 350 Å². The molecule has 0 aliphatic heterocycles. The van der Waals surface area contributed by atoms with Gasteiger partial charge in [0, 0.05) is 15.5 Å². The molecule has 0 fully saturated rings. The molecule has 0 saturated heterocycles. The number of nitrogens with zero attached hydrogens (tertiary/aromatic N) is 1. The van der Waals surface area contributed by atoms with Crippen LogP contribution in [-0.2, 0) is 6.42 Å². The predicted molar refractivity (Wildman–Crippen MR) is 531 cm³/mol. The summed E-state index contributed by atoms with van der Waals surface area (Å²) in [6.45, 7) is 47.9. The normalized spacial score (nSPS) is 10.8. The second-order valence-electron chi connectivity index (χ2n) is 30.4. The lowest BCUT2D eigenvalue weighted by molar-refractivity contribution is 0.414. The van der Waals surface area contributed by atoms with Crippen LogP contribution in [0.5, 0.6) is 28.7 Å². The van der Waals surface area contributed by atoms with Crippen LogP contribution in [-0.4, -0.2) is 94.8 Å². The molecule has 0 bridgehead atoms. The van der Waals surface area contributed by atoms with E-state index in [1.807, 2.05) is 72.8 Å². The van der Waals surface area contributed by atoms with Gasteiger partial charge >= 0.3 is 0 Å². The van der Waals surface area contributed by atoms with Gasteiger partial charge in [-0.3, -0.25) is 0 Å². The summed E-state index contributed by atoms with van der Waals surface area (Å²) in [5, 5.41) is 7.41. The Labute approximate surface area is 717 Å². The maximum Gasteiger partial charge on any atom is 0.181 e. The number of hydrogen-bond donors (Lipinski definition) is 0. The zero-order valence-corrected chi connectivity index (χ0v) is 83.5. The van der Waals surface area contributed by atoms with E-state index in [1.54, 1.807) is 47.3 Å². The van der Waals surface area contributed by atoms with E-state index in [1.165, 1.54) is 153 Å². The van der Waals surface area contributed by atoms with Gasteiger partial charge in [0.05, 0.1) is 67.8 Å². The molecule has 10 rings (SSSR count). The Morgan fingerprint density at radius 2 is 0.626 bits per heavy atom. The molecule has 10 aromatic rings. The molecule has 10 aromatic carbocycles. The van der Waals surface area contributed by atoms with Crippen molar-refractivity contribution < 1.29 is 23.7 Å². The van der Waals surface area contributed by atoms with Gasteiger partial charge in [0.2, 0.25) is 0 Å². The number of anilines is 1. The van der Waals surface area contributed by atoms with Gasteiger partial charge in [0.1, 0.15) is 28.7 Å². The summed E-state index contributed by atoms with van der Waals surface area (Å²) in [7, 11) is 4.42. The molecule has 0 aliphatic rings. The van der Waals surface area contributed by atoms with Crippen molar-refractivity contribution in [1.29, 1.82) is 0 Å². The number of benzene rings is 10. The maximum absolute atomic E-state index is 5.63. The van der Waals surface area contributed by atoms with Gasteiger partial charge in [-0.25, -0.2) is 0 Å². The van der Waals surface area contributed by atoms with Crippen molar-refractivity contribution in [3.05, 3.63) is 288 Å². The molecule has 0 aliphatic carbocycles. The van der Waals surface area contributed by atoms with Crippen molar-refractivity contribution in [2.24, 2.45) is 0 Å². The Hall–Kier alpha value is -7.22. The van der Waals surface area contributed by atoms with Crippen LogP contribution in [0, 0.1) is 41.5 Å². The van der Waals surface area contributed by atoms with E-state index in [4.69, 9.17) is 23.7 Å². The van der Waals surface area contributed by atoms with Gasteiger partial charge in [-0.05, 0) is 196 Å². The summed E-state index contributed by atoms with van der Waals surface area (Å²) >= 11 is 3.83. The van der Waals surface area contributed by atoms with Gasteiger partial charge in [-0.1, -0.05) is 355 Å². The zero-order valence-electron chi connectivity index (χ0n) is 76.9. The lowest BCUT2D eigenvalue weighted by Crippen LogP contribution is -2.56. The van der Waals surface area contributed by atoms with E-state index in [9.17, 15) is 0 Å². The molecule has 0 heterocycles. The van der Waals surface area contributed by atoms with E-state index in [-0.39, 0.29) is 0 Å². The average Bonchev–Trinajstić information content (AvgIpc) is 0.808. The minimum absolute atomic E-state index is 0.917. The molecule has 0 saturated carbocycles. The first-order chi connectivity index (χ1) is 55.2. The van der Waals surface area contributed by atoms with Crippen LogP contribution in [0.3, 0.4) is 0 Å². The van der Waals surface area contributed by atoms with Gasteiger partial charge < -0.3 is 28.2 Å². The standard InChI is InChI=1S/C15H19NSi.C15H26OSi.2C14H24OSi.C13H22SSi.2C8H10O.C8H10.C7H8S/c1-16(14-10-6-4-7-11-14)17(2,3)15-12-8-5-9-13-15;1-7-17(8-2,9-3)15-11-13(5)12(4)10-14(15)16-6;2*1-6-16(7-2,8-3)14-11-12(4)9-10-13(14)15-5;1-4-15(5-2,6-3)12-14-13-10-8-7-9-11-13;2*1-7-3-5-8(9-2)6-4-7;1-2-8-6-4-3-5-7-8;1-8-7-5-3-2-4-6-7/h4-13H,1-3H3;10-11H,7-9H2,1-6H3;2*9-11H,6-8H2,1-5H3;7-11H,4-6,12H2,1-3H3;2*3-6H,1-2H3;3-7H,2H2,1H3;2-6H,1H3. The molecular formula is C102H153NO5S2Si5. The third-order valence-corrected chi connectivity index (χ3v) is 53.4. The van der Waals surface area contributed by atoms with E-state index in [0.717, 1.165) is 35.2 Å². The van der Waals surface area contributed by atoms with Crippen LogP contribution in [0.4, 0.5) is 5.69 Å². The SMILES string of the molecule is CC[Si](CC)(CC)CSc1ccccc1.CC[Si](CC)(CC)c1cc(C)c(C)cc1OC.CC[Si](CC)(CC)c1cc(C)ccc1OC.CC[Si](CC)(CC)c1cc(C)ccc1OC.CCc1ccccc1.CN(c1ccccc1)[Si](C)(C)c1ccccc1.COc1ccc(C)cc1.COc1ccc(C)cc1.CSc1ccccc1. The highest BCUT2D eigenvalue weighted by atomic mass is 32.2. The molecule has 0 unspecified atom stereocenters. The second-order valence-corrected chi connectivity index (χ2v) is 58.4. The Morgan fingerprint density at radius 1 is 0.313 bits per heavy atom. The lowest BCUT2D eigenvalue weighted by atomic mass is 10.1. The number of ether oxygens (including phenoxy) is 5. The molecule has 0 spiro atoms. The van der Waals surface area contributed by atoms with Crippen molar-refractivity contribution in [3.63, 3.8) is 0 Å². The highest BCUT2D eigenvalue weighted by molar-refractivity contribution is 8.01. The van der Waals surface area contributed by atoms with Gasteiger partial charge in [-0.2, -0.15) is 0 Å². The summed E-state index contributed by atoms with van der Waals surface area (Å²) in [5.41, 5.74) is 10.7. The molecule has 0 radical (unpaired) electrons. The van der Waals surface area contributed by atoms with Crippen molar-refractivity contribution in [2.45, 2.75) is 233 Å². The number of hydrogen-bond acceptors (Lipinski definition) is 8.